The quantitative estimate of drug-likeness (QED) is 0.465. The van der Waals surface area contributed by atoms with E-state index in [1.54, 1.807) is 0 Å². The fourth-order valence-electron chi connectivity index (χ4n) is 4.60. The second kappa shape index (κ2) is 11.3. The van der Waals surface area contributed by atoms with Crippen LogP contribution >= 0.6 is 0 Å². The number of hydrogen-bond acceptors (Lipinski definition) is 4. The summed E-state index contributed by atoms with van der Waals surface area (Å²) in [7, 11) is -1.30. The van der Waals surface area contributed by atoms with E-state index in [1.807, 2.05) is 0 Å². The number of carbonyl (C=O) groups excluding carboxylic acids is 2. The maximum absolute atomic E-state index is 13.6. The maximum Gasteiger partial charge on any atom is 0.416 e. The minimum atomic E-state index is -5.11. The van der Waals surface area contributed by atoms with Gasteiger partial charge < -0.3 is 9.80 Å². The number of urea groups is 1. The van der Waals surface area contributed by atoms with Gasteiger partial charge in [0.05, 0.1) is 11.1 Å². The zero-order chi connectivity index (χ0) is 30.2. The van der Waals surface area contributed by atoms with Crippen molar-refractivity contribution in [3.8, 4) is 0 Å². The SMILES string of the molecule is CN(C(=O)N(C)[C@@H]1CCN(C(=O)CS(C)(=O)=O)C[C@H]1c1ccc(F)cc1)c1cc(C(F)(F)F)cc(C(F)(F)F)c1. The average molecular weight is 598 g/mol. The molecule has 0 spiro atoms. The fourth-order valence-corrected chi connectivity index (χ4v) is 5.24. The molecule has 2 aromatic carbocycles. The molecule has 0 N–H and O–H groups in total. The van der Waals surface area contributed by atoms with Gasteiger partial charge in [-0.25, -0.2) is 17.6 Å². The van der Waals surface area contributed by atoms with E-state index < -0.39 is 74.5 Å². The van der Waals surface area contributed by atoms with Crippen LogP contribution in [0.4, 0.5) is 41.2 Å². The molecule has 2 aromatic rings. The predicted molar refractivity (Wildman–Crippen MR) is 132 cm³/mol. The molecule has 0 unspecified atom stereocenters. The Morgan fingerprint density at radius 1 is 0.950 bits per heavy atom. The Kier molecular flexibility index (Phi) is 8.77. The first-order valence-electron chi connectivity index (χ1n) is 11.8. The number of amides is 3. The monoisotopic (exact) mass is 597 g/mol. The third-order valence-corrected chi connectivity index (χ3v) is 7.43. The van der Waals surface area contributed by atoms with Gasteiger partial charge in [-0.05, 0) is 42.3 Å². The van der Waals surface area contributed by atoms with Gasteiger partial charge in [-0.3, -0.25) is 9.69 Å². The lowest BCUT2D eigenvalue weighted by Gasteiger charge is -2.43. The van der Waals surface area contributed by atoms with Gasteiger partial charge in [0.25, 0.3) is 0 Å². The molecule has 3 rings (SSSR count). The molecule has 1 fully saturated rings. The summed E-state index contributed by atoms with van der Waals surface area (Å²) in [5.41, 5.74) is -3.31. The lowest BCUT2D eigenvalue weighted by atomic mass is 9.85. The van der Waals surface area contributed by atoms with E-state index in [2.05, 4.69) is 0 Å². The van der Waals surface area contributed by atoms with Crippen molar-refractivity contribution in [3.05, 3.63) is 65.0 Å². The summed E-state index contributed by atoms with van der Waals surface area (Å²) >= 11 is 0. The second-order valence-corrected chi connectivity index (χ2v) is 11.8. The largest absolute Gasteiger partial charge is 0.416 e. The van der Waals surface area contributed by atoms with Crippen molar-refractivity contribution in [3.63, 3.8) is 0 Å². The number of rotatable bonds is 5. The molecule has 0 aliphatic carbocycles. The molecular weight excluding hydrogens is 571 g/mol. The number of likely N-dealkylation sites (tertiary alicyclic amines) is 1. The number of likely N-dealkylation sites (N-methyl/N-ethyl adjacent to an activating group) is 1. The first-order valence-corrected chi connectivity index (χ1v) is 13.8. The van der Waals surface area contributed by atoms with Crippen molar-refractivity contribution in [1.82, 2.24) is 9.80 Å². The van der Waals surface area contributed by atoms with Gasteiger partial charge in [-0.2, -0.15) is 26.3 Å². The van der Waals surface area contributed by atoms with E-state index in [9.17, 15) is 48.7 Å². The third kappa shape index (κ3) is 7.43. The average Bonchev–Trinajstić information content (AvgIpc) is 2.85. The summed E-state index contributed by atoms with van der Waals surface area (Å²) in [6.07, 6.45) is -9.21. The number of nitrogens with zero attached hydrogens (tertiary/aromatic N) is 3. The van der Waals surface area contributed by atoms with E-state index in [-0.39, 0.29) is 25.6 Å². The maximum atomic E-state index is 13.6. The highest BCUT2D eigenvalue weighted by Crippen LogP contribution is 2.39. The summed E-state index contributed by atoms with van der Waals surface area (Å²) in [5.74, 6) is -2.66. The number of piperidine rings is 1. The highest BCUT2D eigenvalue weighted by molar-refractivity contribution is 7.91. The topological polar surface area (TPSA) is 78.0 Å². The van der Waals surface area contributed by atoms with Crippen LogP contribution in [0, 0.1) is 5.82 Å². The van der Waals surface area contributed by atoms with Crippen molar-refractivity contribution in [2.45, 2.75) is 30.7 Å². The molecule has 0 aromatic heterocycles. The molecule has 1 aliphatic rings. The van der Waals surface area contributed by atoms with E-state index in [0.717, 1.165) is 30.3 Å². The van der Waals surface area contributed by atoms with Crippen molar-refractivity contribution >= 4 is 27.5 Å². The van der Waals surface area contributed by atoms with Crippen molar-refractivity contribution in [2.75, 3.05) is 44.1 Å². The Bertz CT molecular complexity index is 1330. The van der Waals surface area contributed by atoms with Gasteiger partial charge >= 0.3 is 18.4 Å². The molecule has 3 amide bonds. The van der Waals surface area contributed by atoms with E-state index in [4.69, 9.17) is 0 Å². The van der Waals surface area contributed by atoms with Crippen LogP contribution in [-0.2, 0) is 27.0 Å². The molecule has 0 radical (unpaired) electrons. The molecule has 7 nitrogen and oxygen atoms in total. The van der Waals surface area contributed by atoms with Gasteiger partial charge in [-0.15, -0.1) is 0 Å². The van der Waals surface area contributed by atoms with Crippen LogP contribution in [0.1, 0.15) is 29.0 Å². The molecule has 2 atom stereocenters. The Morgan fingerprint density at radius 3 is 1.95 bits per heavy atom. The molecular formula is C25H26F7N3O4S. The Balaban J connectivity index is 1.95. The molecule has 40 heavy (non-hydrogen) atoms. The summed E-state index contributed by atoms with van der Waals surface area (Å²) in [6, 6.07) is 4.31. The van der Waals surface area contributed by atoms with Crippen LogP contribution in [0.25, 0.3) is 0 Å². The fraction of sp³-hybridized carbons (Fsp3) is 0.440. The smallest absolute Gasteiger partial charge is 0.341 e. The number of benzene rings is 2. The Morgan fingerprint density at radius 2 is 1.48 bits per heavy atom. The van der Waals surface area contributed by atoms with Crippen LogP contribution in [-0.4, -0.2) is 75.4 Å². The molecule has 0 bridgehead atoms. The number of halogens is 7. The first kappa shape index (κ1) is 31.2. The van der Waals surface area contributed by atoms with E-state index >= 15 is 0 Å². The minimum Gasteiger partial charge on any atom is -0.341 e. The van der Waals surface area contributed by atoms with Crippen LogP contribution < -0.4 is 4.90 Å². The highest BCUT2D eigenvalue weighted by Gasteiger charge is 2.40. The van der Waals surface area contributed by atoms with Crippen LogP contribution in [0.5, 0.6) is 0 Å². The molecule has 0 saturated carbocycles. The molecule has 220 valence electrons. The van der Waals surface area contributed by atoms with Gasteiger partial charge in [0.1, 0.15) is 11.6 Å². The zero-order valence-electron chi connectivity index (χ0n) is 21.6. The zero-order valence-corrected chi connectivity index (χ0v) is 22.4. The normalized spacial score (nSPS) is 18.4. The summed E-state index contributed by atoms with van der Waals surface area (Å²) in [4.78, 5) is 29.0. The number of anilines is 1. The van der Waals surface area contributed by atoms with Gasteiger partial charge in [0.2, 0.25) is 5.91 Å². The van der Waals surface area contributed by atoms with Crippen LogP contribution in [0.3, 0.4) is 0 Å². The van der Waals surface area contributed by atoms with Crippen LogP contribution in [0.15, 0.2) is 42.5 Å². The Labute approximate surface area is 226 Å². The molecule has 15 heteroatoms. The second-order valence-electron chi connectivity index (χ2n) is 9.64. The predicted octanol–water partition coefficient (Wildman–Crippen LogP) is 4.78. The minimum absolute atomic E-state index is 0.0276. The number of hydrogen-bond donors (Lipinski definition) is 0. The first-order chi connectivity index (χ1) is 18.3. The summed E-state index contributed by atoms with van der Waals surface area (Å²) in [5, 5.41) is 0. The lowest BCUT2D eigenvalue weighted by Crippen LogP contribution is -2.54. The van der Waals surface area contributed by atoms with Gasteiger partial charge in [-0.1, -0.05) is 12.1 Å². The van der Waals surface area contributed by atoms with Crippen LogP contribution in [0.2, 0.25) is 0 Å². The third-order valence-electron chi connectivity index (χ3n) is 6.66. The summed E-state index contributed by atoms with van der Waals surface area (Å²) < 4.78 is 117. The van der Waals surface area contributed by atoms with Crippen molar-refractivity contribution < 1.29 is 48.7 Å². The highest BCUT2D eigenvalue weighted by atomic mass is 32.2. The number of sulfone groups is 1. The van der Waals surface area contributed by atoms with Crippen molar-refractivity contribution in [1.29, 1.82) is 0 Å². The molecule has 1 heterocycles. The van der Waals surface area contributed by atoms with Gasteiger partial charge in [0.15, 0.2) is 9.84 Å². The van der Waals surface area contributed by atoms with Gasteiger partial charge in [0, 0.05) is 51.1 Å². The number of carbonyl (C=O) groups is 2. The molecule has 1 saturated heterocycles. The molecule has 1 aliphatic heterocycles. The lowest BCUT2D eigenvalue weighted by molar-refractivity contribution is -0.143. The number of alkyl halides is 6. The van der Waals surface area contributed by atoms with E-state index in [1.165, 1.54) is 24.1 Å². The standard InChI is InChI=1S/C25H26F7N3O4S/c1-33(19-11-16(24(27,28)29)10-17(12-19)25(30,31)32)23(37)34(2)21-8-9-35(22(36)14-40(3,38)39)13-20(21)15-4-6-18(26)7-5-15/h4-7,10-12,20-21H,8-9,13-14H2,1-3H3/t20-,21+/m0/s1. The summed E-state index contributed by atoms with van der Waals surface area (Å²) in [6.45, 7) is -0.0341. The van der Waals surface area contributed by atoms with E-state index in [0.29, 0.717) is 22.6 Å². The van der Waals surface area contributed by atoms with Crippen molar-refractivity contribution in [2.24, 2.45) is 0 Å². The Hall–Kier alpha value is -3.36.